The van der Waals surface area contributed by atoms with Crippen molar-refractivity contribution in [3.63, 3.8) is 0 Å². The molecule has 0 amide bonds. The van der Waals surface area contributed by atoms with Crippen molar-refractivity contribution in [2.75, 3.05) is 0 Å². The maximum atomic E-state index is 5.38. The summed E-state index contributed by atoms with van der Waals surface area (Å²) in [7, 11) is 5.38. The largest absolute Gasteiger partial charge is 0.0887 e. The van der Waals surface area contributed by atoms with E-state index in [0.29, 0.717) is 5.41 Å². The summed E-state index contributed by atoms with van der Waals surface area (Å²) in [6.07, 6.45) is 6.00. The van der Waals surface area contributed by atoms with Gasteiger partial charge in [-0.2, -0.15) is 0 Å². The van der Waals surface area contributed by atoms with E-state index < -0.39 is 0 Å². The zero-order valence-corrected chi connectivity index (χ0v) is 7.61. The van der Waals surface area contributed by atoms with Gasteiger partial charge >= 0.3 is 0 Å². The van der Waals surface area contributed by atoms with Crippen molar-refractivity contribution in [3.8, 4) is 0 Å². The van der Waals surface area contributed by atoms with Gasteiger partial charge in [0.1, 0.15) is 0 Å². The van der Waals surface area contributed by atoms with Gasteiger partial charge < -0.3 is 0 Å². The lowest BCUT2D eigenvalue weighted by Crippen LogP contribution is -2.03. The molecule has 0 bridgehead atoms. The summed E-state index contributed by atoms with van der Waals surface area (Å²) in [5, 5.41) is 0. The summed E-state index contributed by atoms with van der Waals surface area (Å²) >= 11 is 0. The van der Waals surface area contributed by atoms with E-state index in [-0.39, 0.29) is 0 Å². The Balaban J connectivity index is 3.04. The van der Waals surface area contributed by atoms with E-state index in [4.69, 9.17) is 7.85 Å². The Morgan fingerprint density at radius 3 is 2.00 bits per heavy atom. The second kappa shape index (κ2) is 4.82. The zero-order chi connectivity index (χ0) is 8.04. The van der Waals surface area contributed by atoms with Gasteiger partial charge in [0.15, 0.2) is 0 Å². The van der Waals surface area contributed by atoms with Crippen molar-refractivity contribution < 1.29 is 0 Å². The highest BCUT2D eigenvalue weighted by molar-refractivity contribution is 6.08. The van der Waals surface area contributed by atoms with Crippen LogP contribution in [0, 0.1) is 5.41 Å². The highest BCUT2D eigenvalue weighted by Crippen LogP contribution is 2.21. The molecule has 0 aromatic rings. The van der Waals surface area contributed by atoms with Gasteiger partial charge in [-0.05, 0) is 11.8 Å². The third-order valence-corrected chi connectivity index (χ3v) is 1.63. The Morgan fingerprint density at radius 2 is 1.60 bits per heavy atom. The van der Waals surface area contributed by atoms with Gasteiger partial charge in [-0.3, -0.25) is 0 Å². The molecule has 0 atom stereocenters. The molecule has 0 fully saturated rings. The molecule has 0 nitrogen and oxygen atoms in total. The summed E-state index contributed by atoms with van der Waals surface area (Å²) in [5.74, 6) is 0. The normalized spacial score (nSPS) is 11.9. The Morgan fingerprint density at radius 1 is 1.00 bits per heavy atom. The van der Waals surface area contributed by atoms with Crippen LogP contribution >= 0.6 is 0 Å². The SMILES string of the molecule is [B]CCCCCC(C)(C)C. The standard InChI is InChI=1S/C9H19B/c1-9(2,3)7-5-4-6-8-10/h4-8H2,1-3H3. The minimum atomic E-state index is 0.509. The smallest absolute Gasteiger partial charge is 0.0653 e. The van der Waals surface area contributed by atoms with Crippen LogP contribution in [0.25, 0.3) is 0 Å². The maximum absolute atomic E-state index is 5.38. The third kappa shape index (κ3) is 8.06. The van der Waals surface area contributed by atoms with Crippen LogP contribution in [0.4, 0.5) is 0 Å². The van der Waals surface area contributed by atoms with Crippen LogP contribution in [0.2, 0.25) is 6.32 Å². The van der Waals surface area contributed by atoms with Crippen LogP contribution in [0.5, 0.6) is 0 Å². The van der Waals surface area contributed by atoms with Crippen molar-refractivity contribution in [2.24, 2.45) is 5.41 Å². The molecule has 0 spiro atoms. The molecule has 58 valence electrons. The summed E-state index contributed by atoms with van der Waals surface area (Å²) in [4.78, 5) is 0. The molecule has 0 aliphatic heterocycles. The average molecular weight is 138 g/mol. The Kier molecular flexibility index (Phi) is 4.85. The quantitative estimate of drug-likeness (QED) is 0.413. The topological polar surface area (TPSA) is 0 Å². The van der Waals surface area contributed by atoms with Crippen LogP contribution in [-0.4, -0.2) is 7.85 Å². The molecule has 0 aliphatic carbocycles. The molecule has 0 saturated heterocycles. The van der Waals surface area contributed by atoms with E-state index in [1.165, 1.54) is 25.7 Å². The van der Waals surface area contributed by atoms with Gasteiger partial charge in [0.2, 0.25) is 0 Å². The fourth-order valence-corrected chi connectivity index (χ4v) is 0.976. The zero-order valence-electron chi connectivity index (χ0n) is 7.61. The van der Waals surface area contributed by atoms with Gasteiger partial charge in [0, 0.05) is 0 Å². The van der Waals surface area contributed by atoms with Crippen molar-refractivity contribution in [1.29, 1.82) is 0 Å². The average Bonchev–Trinajstić information content (AvgIpc) is 1.78. The molecule has 0 N–H and O–H groups in total. The lowest BCUT2D eigenvalue weighted by molar-refractivity contribution is 0.359. The Hall–Kier alpha value is 0.0649. The van der Waals surface area contributed by atoms with Gasteiger partial charge in [-0.15, -0.1) is 0 Å². The van der Waals surface area contributed by atoms with E-state index in [1.807, 2.05) is 0 Å². The molecule has 0 aromatic carbocycles. The Labute approximate surface area is 66.8 Å². The molecule has 0 unspecified atom stereocenters. The summed E-state index contributed by atoms with van der Waals surface area (Å²) in [5.41, 5.74) is 0.509. The number of unbranched alkanes of at least 4 members (excludes halogenated alkanes) is 2. The molecule has 0 aromatic heterocycles. The van der Waals surface area contributed by atoms with Crippen molar-refractivity contribution in [2.45, 2.75) is 52.8 Å². The van der Waals surface area contributed by atoms with E-state index >= 15 is 0 Å². The van der Waals surface area contributed by atoms with E-state index in [1.54, 1.807) is 0 Å². The van der Waals surface area contributed by atoms with Gasteiger partial charge in [-0.1, -0.05) is 46.4 Å². The molecule has 0 aliphatic rings. The monoisotopic (exact) mass is 138 g/mol. The van der Waals surface area contributed by atoms with Crippen molar-refractivity contribution >= 4 is 7.85 Å². The van der Waals surface area contributed by atoms with Gasteiger partial charge in [0.05, 0.1) is 7.85 Å². The highest BCUT2D eigenvalue weighted by atomic mass is 14.1. The highest BCUT2D eigenvalue weighted by Gasteiger charge is 2.07. The first kappa shape index (κ1) is 10.1. The third-order valence-electron chi connectivity index (χ3n) is 1.63. The predicted molar refractivity (Wildman–Crippen MR) is 48.5 cm³/mol. The van der Waals surface area contributed by atoms with E-state index in [2.05, 4.69) is 20.8 Å². The fraction of sp³-hybridized carbons (Fsp3) is 1.00. The summed E-state index contributed by atoms with van der Waals surface area (Å²) in [6, 6.07) is 0. The van der Waals surface area contributed by atoms with Crippen molar-refractivity contribution in [1.82, 2.24) is 0 Å². The molecule has 1 heteroatoms. The summed E-state index contributed by atoms with van der Waals surface area (Å²) < 4.78 is 0. The predicted octanol–water partition coefficient (Wildman–Crippen LogP) is 3.18. The van der Waals surface area contributed by atoms with E-state index in [9.17, 15) is 0 Å². The molecule has 10 heavy (non-hydrogen) atoms. The number of hydrogen-bond acceptors (Lipinski definition) is 0. The van der Waals surface area contributed by atoms with Crippen LogP contribution in [-0.2, 0) is 0 Å². The first-order valence-corrected chi connectivity index (χ1v) is 4.26. The summed E-state index contributed by atoms with van der Waals surface area (Å²) in [6.45, 7) is 6.86. The number of hydrogen-bond donors (Lipinski definition) is 0. The van der Waals surface area contributed by atoms with Crippen LogP contribution in [0.15, 0.2) is 0 Å². The van der Waals surface area contributed by atoms with Gasteiger partial charge in [0.25, 0.3) is 0 Å². The van der Waals surface area contributed by atoms with Crippen LogP contribution in [0.1, 0.15) is 46.5 Å². The number of rotatable bonds is 4. The van der Waals surface area contributed by atoms with Crippen LogP contribution in [0.3, 0.4) is 0 Å². The van der Waals surface area contributed by atoms with Crippen molar-refractivity contribution in [3.05, 3.63) is 0 Å². The first-order valence-electron chi connectivity index (χ1n) is 4.26. The lowest BCUT2D eigenvalue weighted by atomic mass is 9.88. The van der Waals surface area contributed by atoms with Crippen LogP contribution < -0.4 is 0 Å². The molecule has 0 rings (SSSR count). The van der Waals surface area contributed by atoms with Gasteiger partial charge in [-0.25, -0.2) is 0 Å². The second-order valence-corrected chi connectivity index (χ2v) is 4.16. The Bertz CT molecular complexity index is 71.3. The fourth-order valence-electron chi connectivity index (χ4n) is 0.976. The second-order valence-electron chi connectivity index (χ2n) is 4.16. The molecule has 0 saturated carbocycles. The maximum Gasteiger partial charge on any atom is 0.0653 e. The first-order chi connectivity index (χ1) is 4.56. The lowest BCUT2D eigenvalue weighted by Gasteiger charge is -2.17. The molecular weight excluding hydrogens is 119 g/mol. The van der Waals surface area contributed by atoms with E-state index in [0.717, 1.165) is 6.32 Å². The molecule has 0 heterocycles. The molecular formula is C9H19B. The minimum Gasteiger partial charge on any atom is -0.0887 e. The minimum absolute atomic E-state index is 0.509. The molecule has 2 radical (unpaired) electrons.